The largest absolute Gasteiger partial charge is 2.00 e. The van der Waals surface area contributed by atoms with Gasteiger partial charge in [-0.05, 0) is 12.8 Å². The standard InChI is InChI=1S/2C11H19N.2ClH.Fe/c2*1-12(2,3)10-6-9-11-7-4-5-8-11;;;/h2*4-5,7-8H,6,9-10H2,1-3H3;2*1H;/q;;;;+2/p-2. The van der Waals surface area contributed by atoms with E-state index in [2.05, 4.69) is 90.8 Å². The van der Waals surface area contributed by atoms with Gasteiger partial charge in [0.1, 0.15) is 0 Å². The molecular formula is C22H38Cl2FeN2. The van der Waals surface area contributed by atoms with Crippen molar-refractivity contribution < 1.29 is 50.8 Å². The van der Waals surface area contributed by atoms with Crippen molar-refractivity contribution in [2.75, 3.05) is 55.4 Å². The third kappa shape index (κ3) is 18.8. The Bertz CT molecular complexity index is 473. The molecule has 0 bridgehead atoms. The Morgan fingerprint density at radius 2 is 0.815 bits per heavy atom. The molecule has 0 aromatic heterocycles. The van der Waals surface area contributed by atoms with E-state index in [9.17, 15) is 0 Å². The number of hydrogen-bond donors (Lipinski definition) is 0. The summed E-state index contributed by atoms with van der Waals surface area (Å²) in [4.78, 5) is 0. The quantitative estimate of drug-likeness (QED) is 0.247. The van der Waals surface area contributed by atoms with Gasteiger partial charge in [-0.15, -0.1) is 0 Å². The molecule has 5 heteroatoms. The Hall–Kier alpha value is -0.281. The van der Waals surface area contributed by atoms with Crippen LogP contribution in [0.15, 0.2) is 48.5 Å². The Morgan fingerprint density at radius 3 is 1.04 bits per heavy atom. The SMILES string of the molecule is C[N+](C)(C)CCC[c-]1cccc1.C[N+](C)(C)CCC[c-]1cccc1.[Cl-].[Cl-].[Fe+2]. The van der Waals surface area contributed by atoms with Crippen LogP contribution in [0.5, 0.6) is 0 Å². The third-order valence-corrected chi connectivity index (χ3v) is 4.05. The molecule has 2 rings (SSSR count). The summed E-state index contributed by atoms with van der Waals surface area (Å²) in [5.41, 5.74) is 2.95. The first kappa shape index (κ1) is 31.4. The first-order chi connectivity index (χ1) is 11.2. The normalized spacial score (nSPS) is 10.6. The zero-order valence-electron chi connectivity index (χ0n) is 17.9. The Balaban J connectivity index is -0.000000384. The maximum absolute atomic E-state index is 2.24. The first-order valence-electron chi connectivity index (χ1n) is 9.18. The van der Waals surface area contributed by atoms with Crippen molar-refractivity contribution >= 4 is 0 Å². The van der Waals surface area contributed by atoms with Crippen LogP contribution in [0.1, 0.15) is 24.0 Å². The summed E-state index contributed by atoms with van der Waals surface area (Å²) in [5, 5.41) is 0. The van der Waals surface area contributed by atoms with E-state index in [1.807, 2.05) is 0 Å². The fourth-order valence-corrected chi connectivity index (χ4v) is 2.68. The molecule has 0 heterocycles. The predicted molar refractivity (Wildman–Crippen MR) is 107 cm³/mol. The van der Waals surface area contributed by atoms with Gasteiger partial charge in [-0.25, -0.2) is 24.3 Å². The molecule has 0 unspecified atom stereocenters. The molecule has 0 atom stereocenters. The van der Waals surface area contributed by atoms with Crippen LogP contribution in [0.25, 0.3) is 0 Å². The summed E-state index contributed by atoms with van der Waals surface area (Å²) in [7, 11) is 13.4. The zero-order chi connectivity index (χ0) is 18.1. The number of nitrogens with zero attached hydrogens (tertiary/aromatic N) is 2. The second kappa shape index (κ2) is 15.6. The number of quaternary nitrogens is 2. The van der Waals surface area contributed by atoms with Crippen LogP contribution in [0.3, 0.4) is 0 Å². The maximum Gasteiger partial charge on any atom is 2.00 e. The van der Waals surface area contributed by atoms with E-state index in [0.29, 0.717) is 0 Å². The molecule has 27 heavy (non-hydrogen) atoms. The van der Waals surface area contributed by atoms with Crippen LogP contribution in [0.4, 0.5) is 0 Å². The summed E-state index contributed by atoms with van der Waals surface area (Å²) in [6, 6.07) is 17.3. The van der Waals surface area contributed by atoms with Gasteiger partial charge in [0.05, 0.1) is 55.4 Å². The summed E-state index contributed by atoms with van der Waals surface area (Å²) in [6.45, 7) is 2.51. The second-order valence-corrected chi connectivity index (χ2v) is 8.82. The minimum Gasteiger partial charge on any atom is -1.00 e. The topological polar surface area (TPSA) is 0 Å². The molecule has 2 aromatic carbocycles. The molecule has 0 spiro atoms. The van der Waals surface area contributed by atoms with Gasteiger partial charge in [0, 0.05) is 0 Å². The molecule has 0 fully saturated rings. The maximum atomic E-state index is 2.24. The van der Waals surface area contributed by atoms with Gasteiger partial charge in [0.25, 0.3) is 0 Å². The molecule has 0 aliphatic carbocycles. The van der Waals surface area contributed by atoms with Crippen LogP contribution in [0.2, 0.25) is 0 Å². The van der Waals surface area contributed by atoms with Crippen molar-refractivity contribution in [3.63, 3.8) is 0 Å². The van der Waals surface area contributed by atoms with E-state index >= 15 is 0 Å². The smallest absolute Gasteiger partial charge is 1.00 e. The van der Waals surface area contributed by atoms with Crippen LogP contribution in [-0.2, 0) is 29.9 Å². The van der Waals surface area contributed by atoms with Crippen LogP contribution in [0, 0.1) is 0 Å². The van der Waals surface area contributed by atoms with Crippen LogP contribution >= 0.6 is 0 Å². The molecule has 2 nitrogen and oxygen atoms in total. The Kier molecular flexibility index (Phi) is 18.2. The summed E-state index contributed by atoms with van der Waals surface area (Å²) < 4.78 is 2.14. The molecule has 0 radical (unpaired) electrons. The van der Waals surface area contributed by atoms with E-state index < -0.39 is 0 Å². The van der Waals surface area contributed by atoms with E-state index in [0.717, 1.165) is 8.97 Å². The first-order valence-corrected chi connectivity index (χ1v) is 9.18. The van der Waals surface area contributed by atoms with Crippen LogP contribution in [-0.4, -0.2) is 64.3 Å². The molecule has 0 amide bonds. The number of aryl methyl sites for hydroxylation is 2. The fourth-order valence-electron chi connectivity index (χ4n) is 2.68. The van der Waals surface area contributed by atoms with Gasteiger partial charge in [0.2, 0.25) is 0 Å². The van der Waals surface area contributed by atoms with Gasteiger partial charge in [-0.1, -0.05) is 12.8 Å². The number of halogens is 2. The minimum absolute atomic E-state index is 0. The van der Waals surface area contributed by atoms with Gasteiger partial charge in [-0.3, -0.25) is 0 Å². The molecule has 0 aliphatic rings. The Labute approximate surface area is 191 Å². The van der Waals surface area contributed by atoms with Crippen molar-refractivity contribution in [1.82, 2.24) is 0 Å². The number of hydrogen-bond acceptors (Lipinski definition) is 0. The van der Waals surface area contributed by atoms with Gasteiger partial charge in [0.15, 0.2) is 0 Å². The molecule has 0 aliphatic heterocycles. The molecule has 0 saturated heterocycles. The molecule has 0 saturated carbocycles. The van der Waals surface area contributed by atoms with E-state index in [1.54, 1.807) is 0 Å². The predicted octanol–water partition coefficient (Wildman–Crippen LogP) is -1.91. The van der Waals surface area contributed by atoms with E-state index in [-0.39, 0.29) is 41.9 Å². The average Bonchev–Trinajstić information content (AvgIpc) is 3.09. The third-order valence-electron chi connectivity index (χ3n) is 4.05. The fraction of sp³-hybridized carbons (Fsp3) is 0.545. The van der Waals surface area contributed by atoms with E-state index in [1.165, 1.54) is 49.9 Å². The minimum atomic E-state index is 0. The molecule has 2 aromatic rings. The van der Waals surface area contributed by atoms with Crippen molar-refractivity contribution in [1.29, 1.82) is 0 Å². The van der Waals surface area contributed by atoms with Crippen molar-refractivity contribution in [3.8, 4) is 0 Å². The number of rotatable bonds is 8. The van der Waals surface area contributed by atoms with Crippen molar-refractivity contribution in [2.45, 2.75) is 25.7 Å². The molecule has 158 valence electrons. The monoisotopic (exact) mass is 456 g/mol. The van der Waals surface area contributed by atoms with Crippen molar-refractivity contribution in [2.24, 2.45) is 0 Å². The summed E-state index contributed by atoms with van der Waals surface area (Å²) >= 11 is 0. The van der Waals surface area contributed by atoms with E-state index in [4.69, 9.17) is 0 Å². The van der Waals surface area contributed by atoms with Gasteiger partial charge < -0.3 is 33.8 Å². The van der Waals surface area contributed by atoms with Gasteiger partial charge in [-0.2, -0.15) is 35.4 Å². The zero-order valence-corrected chi connectivity index (χ0v) is 20.5. The summed E-state index contributed by atoms with van der Waals surface area (Å²) in [5.74, 6) is 0. The second-order valence-electron chi connectivity index (χ2n) is 8.82. The van der Waals surface area contributed by atoms with Crippen LogP contribution < -0.4 is 24.8 Å². The average molecular weight is 457 g/mol. The molecule has 0 N–H and O–H groups in total. The summed E-state index contributed by atoms with van der Waals surface area (Å²) in [6.07, 6.45) is 5.02. The van der Waals surface area contributed by atoms with Gasteiger partial charge >= 0.3 is 17.1 Å². The Morgan fingerprint density at radius 1 is 0.556 bits per heavy atom. The molecular weight excluding hydrogens is 419 g/mol. The van der Waals surface area contributed by atoms with Crippen molar-refractivity contribution in [3.05, 3.63) is 59.7 Å².